The number of hydrogen-bond acceptors (Lipinski definition) is 5. The van der Waals surface area contributed by atoms with Crippen molar-refractivity contribution in [3.05, 3.63) is 80.8 Å². The van der Waals surface area contributed by atoms with Crippen molar-refractivity contribution in [1.29, 1.82) is 0 Å². The van der Waals surface area contributed by atoms with E-state index in [4.69, 9.17) is 10.5 Å². The number of sulfone groups is 1. The first-order chi connectivity index (χ1) is 14.6. The van der Waals surface area contributed by atoms with Crippen LogP contribution in [0.2, 0.25) is 0 Å². The van der Waals surface area contributed by atoms with Gasteiger partial charge in [0.05, 0.1) is 22.5 Å². The van der Waals surface area contributed by atoms with Gasteiger partial charge in [0, 0.05) is 10.2 Å². The Morgan fingerprint density at radius 3 is 2.29 bits per heavy atom. The number of anilines is 1. The summed E-state index contributed by atoms with van der Waals surface area (Å²) in [6.07, 6.45) is 0.225. The minimum absolute atomic E-state index is 0.0319. The number of methoxy groups -OCH3 is 1. The molecule has 0 aliphatic carbocycles. The maximum absolute atomic E-state index is 13.5. The predicted octanol–water partition coefficient (Wildman–Crippen LogP) is 4.78. The molecule has 3 aromatic rings. The van der Waals surface area contributed by atoms with E-state index in [0.29, 0.717) is 16.9 Å². The number of benzene rings is 3. The Kier molecular flexibility index (Phi) is 6.43. The topological polar surface area (TPSA) is 107 Å². The van der Waals surface area contributed by atoms with Crippen LogP contribution in [-0.4, -0.2) is 26.6 Å². The number of rotatable bonds is 6. The summed E-state index contributed by atoms with van der Waals surface area (Å²) < 4.78 is 33.0. The minimum Gasteiger partial charge on any atom is -0.497 e. The van der Waals surface area contributed by atoms with Crippen molar-refractivity contribution in [2.75, 3.05) is 12.8 Å². The molecule has 0 aromatic heterocycles. The van der Waals surface area contributed by atoms with E-state index in [9.17, 15) is 18.3 Å². The molecule has 162 valence electrons. The summed E-state index contributed by atoms with van der Waals surface area (Å²) in [6, 6.07) is 13.2. The minimum atomic E-state index is -4.16. The predicted molar refractivity (Wildman–Crippen MR) is 123 cm³/mol. The van der Waals surface area contributed by atoms with Gasteiger partial charge in [0.2, 0.25) is 9.84 Å². The lowest BCUT2D eigenvalue weighted by molar-refractivity contribution is 0.0691. The van der Waals surface area contributed by atoms with Crippen LogP contribution in [0.4, 0.5) is 5.69 Å². The molecule has 8 heteroatoms. The third-order valence-electron chi connectivity index (χ3n) is 5.25. The van der Waals surface area contributed by atoms with E-state index in [1.807, 2.05) is 24.3 Å². The van der Waals surface area contributed by atoms with Crippen LogP contribution >= 0.6 is 15.9 Å². The Morgan fingerprint density at radius 2 is 1.74 bits per heavy atom. The molecule has 31 heavy (non-hydrogen) atoms. The van der Waals surface area contributed by atoms with Crippen LogP contribution in [0.5, 0.6) is 5.75 Å². The largest absolute Gasteiger partial charge is 0.497 e. The zero-order valence-corrected chi connectivity index (χ0v) is 19.7. The fourth-order valence-corrected chi connectivity index (χ4v) is 5.75. The Morgan fingerprint density at radius 1 is 1.10 bits per heavy atom. The Labute approximate surface area is 189 Å². The number of carboxylic acid groups (broad SMARTS) is 1. The van der Waals surface area contributed by atoms with Crippen molar-refractivity contribution in [1.82, 2.24) is 0 Å². The molecule has 0 bridgehead atoms. The summed E-state index contributed by atoms with van der Waals surface area (Å²) in [5.41, 5.74) is 8.28. The average molecular weight is 504 g/mol. The normalized spacial score (nSPS) is 11.4. The molecule has 0 radical (unpaired) electrons. The average Bonchev–Trinajstić information content (AvgIpc) is 2.73. The van der Waals surface area contributed by atoms with Gasteiger partial charge in [0.1, 0.15) is 5.75 Å². The zero-order chi connectivity index (χ0) is 22.9. The standard InChI is InChI=1S/C23H22BrNO5S/c1-13-19(12-15-5-4-6-16(24)11-15)20(23(26)27)22(14(2)21(13)25)31(28,29)18-9-7-17(30-3)8-10-18/h4-11H,12,25H2,1-3H3,(H,26,27). The molecule has 0 aliphatic rings. The maximum Gasteiger partial charge on any atom is 0.337 e. The molecule has 0 fully saturated rings. The van der Waals surface area contributed by atoms with Crippen LogP contribution in [0.1, 0.15) is 32.6 Å². The lowest BCUT2D eigenvalue weighted by Crippen LogP contribution is -2.18. The number of carboxylic acids is 1. The highest BCUT2D eigenvalue weighted by Gasteiger charge is 2.32. The Bertz CT molecular complexity index is 1270. The second kappa shape index (κ2) is 8.72. The summed E-state index contributed by atoms with van der Waals surface area (Å²) in [5, 5.41) is 10.1. The summed E-state index contributed by atoms with van der Waals surface area (Å²) in [7, 11) is -2.68. The molecule has 3 aromatic carbocycles. The van der Waals surface area contributed by atoms with E-state index in [0.717, 1.165) is 10.0 Å². The number of nitrogen functional groups attached to an aromatic ring is 1. The summed E-state index contributed by atoms with van der Waals surface area (Å²) >= 11 is 3.41. The van der Waals surface area contributed by atoms with Crippen LogP contribution in [0.25, 0.3) is 0 Å². The van der Waals surface area contributed by atoms with Gasteiger partial charge in [-0.15, -0.1) is 0 Å². The van der Waals surface area contributed by atoms with Gasteiger partial charge >= 0.3 is 5.97 Å². The highest BCUT2D eigenvalue weighted by atomic mass is 79.9. The molecule has 3 rings (SSSR count). The first kappa shape index (κ1) is 22.8. The van der Waals surface area contributed by atoms with Gasteiger partial charge in [-0.3, -0.25) is 0 Å². The van der Waals surface area contributed by atoms with E-state index >= 15 is 0 Å². The van der Waals surface area contributed by atoms with E-state index in [1.54, 1.807) is 6.92 Å². The van der Waals surface area contributed by atoms with Gasteiger partial charge in [-0.05, 0) is 78.9 Å². The fourth-order valence-electron chi connectivity index (χ4n) is 3.59. The van der Waals surface area contributed by atoms with Gasteiger partial charge in [-0.1, -0.05) is 28.1 Å². The third kappa shape index (κ3) is 4.31. The highest BCUT2D eigenvalue weighted by molar-refractivity contribution is 9.10. The van der Waals surface area contributed by atoms with Crippen molar-refractivity contribution in [3.63, 3.8) is 0 Å². The number of nitrogens with two attached hydrogens (primary N) is 1. The SMILES string of the molecule is COc1ccc(S(=O)(=O)c2c(C)c(N)c(C)c(Cc3cccc(Br)c3)c2C(=O)O)cc1. The first-order valence-corrected chi connectivity index (χ1v) is 11.6. The molecule has 6 nitrogen and oxygen atoms in total. The smallest absolute Gasteiger partial charge is 0.337 e. The Hall–Kier alpha value is -2.84. The number of hydrogen-bond donors (Lipinski definition) is 2. The second-order valence-corrected chi connectivity index (χ2v) is 9.94. The third-order valence-corrected chi connectivity index (χ3v) is 7.69. The van der Waals surface area contributed by atoms with E-state index in [-0.39, 0.29) is 33.0 Å². The monoisotopic (exact) mass is 503 g/mol. The van der Waals surface area contributed by atoms with E-state index in [2.05, 4.69) is 15.9 Å². The van der Waals surface area contributed by atoms with Crippen LogP contribution < -0.4 is 10.5 Å². The van der Waals surface area contributed by atoms with Gasteiger partial charge in [0.15, 0.2) is 0 Å². The van der Waals surface area contributed by atoms with Crippen LogP contribution in [-0.2, 0) is 16.3 Å². The van der Waals surface area contributed by atoms with Crippen molar-refractivity contribution < 1.29 is 23.1 Å². The van der Waals surface area contributed by atoms with Crippen molar-refractivity contribution in [2.24, 2.45) is 0 Å². The molecular weight excluding hydrogens is 482 g/mol. The summed E-state index contributed by atoms with van der Waals surface area (Å²) in [4.78, 5) is 12.0. The quantitative estimate of drug-likeness (QED) is 0.468. The van der Waals surface area contributed by atoms with Gasteiger partial charge in [-0.2, -0.15) is 0 Å². The zero-order valence-electron chi connectivity index (χ0n) is 17.3. The number of ether oxygens (including phenoxy) is 1. The molecule has 0 saturated heterocycles. The van der Waals surface area contributed by atoms with Crippen LogP contribution in [0.15, 0.2) is 62.8 Å². The Balaban J connectivity index is 2.31. The molecule has 3 N–H and O–H groups in total. The van der Waals surface area contributed by atoms with Gasteiger partial charge < -0.3 is 15.6 Å². The second-order valence-electron chi connectivity index (χ2n) is 7.14. The number of halogens is 1. The summed E-state index contributed by atoms with van der Waals surface area (Å²) in [5.74, 6) is -0.823. The lowest BCUT2D eigenvalue weighted by Gasteiger charge is -2.20. The molecule has 0 aliphatic heterocycles. The van der Waals surface area contributed by atoms with Crippen molar-refractivity contribution in [2.45, 2.75) is 30.1 Å². The van der Waals surface area contributed by atoms with E-state index < -0.39 is 15.8 Å². The fraction of sp³-hybridized carbons (Fsp3) is 0.174. The van der Waals surface area contributed by atoms with Crippen LogP contribution in [0.3, 0.4) is 0 Å². The van der Waals surface area contributed by atoms with Gasteiger partial charge in [-0.25, -0.2) is 13.2 Å². The lowest BCUT2D eigenvalue weighted by atomic mass is 9.91. The van der Waals surface area contributed by atoms with Crippen molar-refractivity contribution in [3.8, 4) is 5.75 Å². The molecule has 0 unspecified atom stereocenters. The number of aromatic carboxylic acids is 1. The highest BCUT2D eigenvalue weighted by Crippen LogP contribution is 2.37. The number of carbonyl (C=O) groups is 1. The molecule has 0 amide bonds. The van der Waals surface area contributed by atoms with E-state index in [1.165, 1.54) is 38.3 Å². The summed E-state index contributed by atoms with van der Waals surface area (Å²) in [6.45, 7) is 3.25. The molecule has 0 atom stereocenters. The molecule has 0 heterocycles. The first-order valence-electron chi connectivity index (χ1n) is 9.36. The van der Waals surface area contributed by atoms with Gasteiger partial charge in [0.25, 0.3) is 0 Å². The molecular formula is C23H22BrNO5S. The molecule has 0 spiro atoms. The molecule has 0 saturated carbocycles. The maximum atomic E-state index is 13.5. The van der Waals surface area contributed by atoms with Crippen molar-refractivity contribution >= 4 is 37.4 Å². The van der Waals surface area contributed by atoms with Crippen LogP contribution in [0, 0.1) is 13.8 Å².